The van der Waals surface area contributed by atoms with Crippen LogP contribution >= 0.6 is 0 Å². The Morgan fingerprint density at radius 1 is 0.614 bits per heavy atom. The molecule has 2 aromatic carbocycles. The van der Waals surface area contributed by atoms with Gasteiger partial charge < -0.3 is 47.6 Å². The van der Waals surface area contributed by atoms with Gasteiger partial charge in [-0.1, -0.05) is 146 Å². The lowest BCUT2D eigenvalue weighted by atomic mass is 9.81. The number of nitrogens with two attached hydrogens (primary N) is 1. The van der Waals surface area contributed by atoms with E-state index in [4.69, 9.17) is 5.73 Å². The molecule has 2 heterocycles. The predicted molar refractivity (Wildman–Crippen MR) is 333 cm³/mol. The van der Waals surface area contributed by atoms with Crippen molar-refractivity contribution in [2.45, 2.75) is 219 Å². The smallest absolute Gasteiger partial charge is 0.305 e. The zero-order chi connectivity index (χ0) is 60.6. The SMILES string of the molecule is CCCCCCCCCCCCCC(=O)NCC(CC(=O)NC(CC(=O)NC(CCCCN)CC(=O)O)C(=O)NCCNC(=O)CCCCC[N+]1=C(/C=C/C=C/C=C2/N(CC)c3ccccc3C2(C)C)C(C)(C)c2ccccc21)NC(C)=O. The Balaban J connectivity index is 1.28. The number of rotatable bonds is 41. The summed E-state index contributed by atoms with van der Waals surface area (Å²) in [6, 6.07) is 14.3. The number of fused-ring (bicyclic) bond motifs is 2. The average molecular weight is 1150 g/mol. The molecular weight excluding hydrogens is 1050 g/mol. The molecule has 2 aliphatic heterocycles. The minimum absolute atomic E-state index is 0.00528. The molecule has 0 spiro atoms. The first kappa shape index (κ1) is 68.9. The van der Waals surface area contributed by atoms with Gasteiger partial charge in [-0.05, 0) is 77.1 Å². The van der Waals surface area contributed by atoms with Crippen molar-refractivity contribution in [1.29, 1.82) is 0 Å². The van der Waals surface area contributed by atoms with Gasteiger partial charge in [0.15, 0.2) is 5.71 Å². The minimum atomic E-state index is -1.38. The number of likely N-dealkylation sites (N-methyl/N-ethyl adjacent to an activating group) is 1. The third kappa shape index (κ3) is 23.5. The van der Waals surface area contributed by atoms with Crippen molar-refractivity contribution in [1.82, 2.24) is 31.9 Å². The van der Waals surface area contributed by atoms with Crippen LogP contribution < -0.4 is 42.5 Å². The van der Waals surface area contributed by atoms with Gasteiger partial charge in [0, 0.05) is 99.3 Å². The van der Waals surface area contributed by atoms with E-state index in [9.17, 15) is 38.7 Å². The molecule has 0 radical (unpaired) electrons. The number of aliphatic carboxylic acids is 1. The van der Waals surface area contributed by atoms with Crippen LogP contribution in [-0.2, 0) is 44.4 Å². The molecule has 0 fully saturated rings. The molecule has 0 saturated carbocycles. The number of carboxylic acids is 1. The maximum atomic E-state index is 13.7. The van der Waals surface area contributed by atoms with Gasteiger partial charge in [-0.15, -0.1) is 0 Å². The Morgan fingerprint density at radius 2 is 1.22 bits per heavy atom. The summed E-state index contributed by atoms with van der Waals surface area (Å²) < 4.78 is 2.40. The fraction of sp³-hybridized carbons (Fsp3) is 0.606. The van der Waals surface area contributed by atoms with Crippen LogP contribution in [0.1, 0.15) is 201 Å². The summed E-state index contributed by atoms with van der Waals surface area (Å²) >= 11 is 0. The van der Waals surface area contributed by atoms with Gasteiger partial charge >= 0.3 is 5.97 Å². The van der Waals surface area contributed by atoms with Crippen LogP contribution in [0.3, 0.4) is 0 Å². The van der Waals surface area contributed by atoms with Gasteiger partial charge in [0.2, 0.25) is 41.1 Å². The van der Waals surface area contributed by atoms with Gasteiger partial charge in [0.25, 0.3) is 0 Å². The van der Waals surface area contributed by atoms with E-state index >= 15 is 0 Å². The van der Waals surface area contributed by atoms with E-state index < -0.39 is 54.1 Å². The zero-order valence-electron chi connectivity index (χ0n) is 51.3. The third-order valence-electron chi connectivity index (χ3n) is 15.9. The second kappa shape index (κ2) is 36.9. The lowest BCUT2D eigenvalue weighted by molar-refractivity contribution is -0.438. The first-order valence-electron chi connectivity index (χ1n) is 31.1. The maximum Gasteiger partial charge on any atom is 0.305 e. The van der Waals surface area contributed by atoms with Crippen LogP contribution in [0.5, 0.6) is 0 Å². The second-order valence-corrected chi connectivity index (χ2v) is 23.5. The highest BCUT2D eigenvalue weighted by Gasteiger charge is 2.44. The third-order valence-corrected chi connectivity index (χ3v) is 15.9. The zero-order valence-corrected chi connectivity index (χ0v) is 51.3. The van der Waals surface area contributed by atoms with Gasteiger partial charge in [0.1, 0.15) is 12.6 Å². The van der Waals surface area contributed by atoms with Crippen LogP contribution in [0.4, 0.5) is 11.4 Å². The van der Waals surface area contributed by atoms with Crippen molar-refractivity contribution in [3.63, 3.8) is 0 Å². The molecule has 6 amide bonds. The van der Waals surface area contributed by atoms with E-state index in [0.29, 0.717) is 45.1 Å². The summed E-state index contributed by atoms with van der Waals surface area (Å²) in [5.74, 6) is -3.87. The van der Waals surface area contributed by atoms with Gasteiger partial charge in [0.05, 0.1) is 24.3 Å². The molecule has 83 heavy (non-hydrogen) atoms. The fourth-order valence-electron chi connectivity index (χ4n) is 11.4. The number of nitrogens with one attached hydrogen (secondary N) is 6. The number of para-hydroxylation sites is 2. The van der Waals surface area contributed by atoms with Crippen LogP contribution in [0.2, 0.25) is 0 Å². The summed E-state index contributed by atoms with van der Waals surface area (Å²) in [5.41, 5.74) is 12.9. The fourth-order valence-corrected chi connectivity index (χ4v) is 11.4. The first-order chi connectivity index (χ1) is 39.8. The Hall–Kier alpha value is -6.62. The number of anilines is 1. The average Bonchev–Trinajstić information content (AvgIpc) is 1.99. The van der Waals surface area contributed by atoms with Crippen molar-refractivity contribution in [2.75, 3.05) is 44.2 Å². The number of benzene rings is 2. The van der Waals surface area contributed by atoms with Gasteiger partial charge in [-0.2, -0.15) is 4.58 Å². The summed E-state index contributed by atoms with van der Waals surface area (Å²) in [6.07, 6.45) is 26.9. The number of nitrogens with zero attached hydrogens (tertiary/aromatic N) is 2. The number of unbranched alkanes of at least 4 members (excludes halogenated alkanes) is 13. The maximum absolute atomic E-state index is 13.7. The molecule has 4 rings (SSSR count). The highest BCUT2D eigenvalue weighted by Crippen LogP contribution is 2.47. The number of hydrogen-bond donors (Lipinski definition) is 8. The number of hydrogen-bond acceptors (Lipinski definition) is 9. The summed E-state index contributed by atoms with van der Waals surface area (Å²) in [7, 11) is 0. The van der Waals surface area contributed by atoms with Crippen molar-refractivity contribution >= 4 is 58.5 Å². The Labute approximate surface area is 496 Å². The molecule has 9 N–H and O–H groups in total. The molecule has 2 aromatic rings. The Bertz CT molecular complexity index is 2550. The molecule has 0 aliphatic carbocycles. The molecule has 3 atom stereocenters. The first-order valence-corrected chi connectivity index (χ1v) is 31.1. The Morgan fingerprint density at radius 3 is 1.87 bits per heavy atom. The number of carbonyl (C=O) groups is 7. The van der Waals surface area contributed by atoms with Gasteiger partial charge in [-0.3, -0.25) is 33.6 Å². The molecular formula is C66H102N9O8+. The second-order valence-electron chi connectivity index (χ2n) is 23.5. The van der Waals surface area contributed by atoms with Crippen molar-refractivity contribution < 1.29 is 43.2 Å². The largest absolute Gasteiger partial charge is 0.481 e. The highest BCUT2D eigenvalue weighted by atomic mass is 16.4. The molecule has 0 aromatic heterocycles. The standard InChI is InChI=1S/C66H101N9O8/c1-8-10-11-12-13-14-15-16-17-18-23-40-60(78)70-48-51(71-49(3)76)45-61(79)73-54(47-62(80)72-50(46-63(81)82)32-29-30-41-67)64(83)69-43-42-68-59(77)39-24-20-31-44-75-56-36-28-26-34-53(56)66(6,7)58(75)38-22-19-21-37-57-65(4,5)52-33-25-27-35-55(52)74(57)9-2/h19,21-22,25-28,33-38,50-51,54H,8-18,20,23-24,29-32,39-48,67H2,1-7H3,(H6-,68,69,70,71,72,73,76,77,78,79,80,81,82,83)/p+1. The van der Waals surface area contributed by atoms with E-state index in [1.54, 1.807) is 0 Å². The number of amides is 6. The van der Waals surface area contributed by atoms with Crippen molar-refractivity contribution in [2.24, 2.45) is 5.73 Å². The molecule has 2 aliphatic rings. The number of carbonyl (C=O) groups excluding carboxylic acids is 6. The Kier molecular flexibility index (Phi) is 30.6. The number of allylic oxidation sites excluding steroid dienone is 6. The topological polar surface area (TPSA) is 244 Å². The molecule has 458 valence electrons. The van der Waals surface area contributed by atoms with Crippen LogP contribution in [0.25, 0.3) is 0 Å². The highest BCUT2D eigenvalue weighted by molar-refractivity contribution is 6.03. The van der Waals surface area contributed by atoms with E-state index in [-0.39, 0.29) is 55.1 Å². The van der Waals surface area contributed by atoms with Crippen LogP contribution in [0, 0.1) is 0 Å². The van der Waals surface area contributed by atoms with Crippen LogP contribution in [0.15, 0.2) is 84.6 Å². The van der Waals surface area contributed by atoms with Crippen molar-refractivity contribution in [3.8, 4) is 0 Å². The van der Waals surface area contributed by atoms with E-state index in [1.165, 1.54) is 85.8 Å². The number of carboxylic acid groups (broad SMARTS) is 1. The summed E-state index contributed by atoms with van der Waals surface area (Å²) in [5, 5.41) is 25.9. The molecule has 17 heteroatoms. The van der Waals surface area contributed by atoms with Crippen molar-refractivity contribution in [3.05, 3.63) is 95.7 Å². The lowest BCUT2D eigenvalue weighted by Gasteiger charge is -2.25. The van der Waals surface area contributed by atoms with Gasteiger partial charge in [-0.25, -0.2) is 0 Å². The van der Waals surface area contributed by atoms with Crippen LogP contribution in [-0.4, -0.2) is 114 Å². The summed E-state index contributed by atoms with van der Waals surface area (Å²) in [6.45, 7) is 17.0. The molecule has 0 saturated heterocycles. The summed E-state index contributed by atoms with van der Waals surface area (Å²) in [4.78, 5) is 92.7. The molecule has 3 unspecified atom stereocenters. The monoisotopic (exact) mass is 1150 g/mol. The minimum Gasteiger partial charge on any atom is -0.481 e. The van der Waals surface area contributed by atoms with E-state index in [1.807, 2.05) is 0 Å². The normalized spacial score (nSPS) is 15.7. The lowest BCUT2D eigenvalue weighted by Crippen LogP contribution is -2.52. The molecule has 17 nitrogen and oxygen atoms in total. The molecule has 0 bridgehead atoms. The van der Waals surface area contributed by atoms with E-state index in [0.717, 1.165) is 51.6 Å². The predicted octanol–water partition coefficient (Wildman–Crippen LogP) is 9.35. The van der Waals surface area contributed by atoms with E-state index in [2.05, 4.69) is 162 Å². The quantitative estimate of drug-likeness (QED) is 0.0178.